The average Bonchev–Trinajstić information content (AvgIpc) is 3.30. The molecule has 3 heteroatoms. The highest BCUT2D eigenvalue weighted by Crippen LogP contribution is 2.60. The second-order valence-electron chi connectivity index (χ2n) is 6.22. The van der Waals surface area contributed by atoms with Crippen LogP contribution in [0.15, 0.2) is 87.7 Å². The Morgan fingerprint density at radius 1 is 0.520 bits per heavy atom. The first-order valence-electron chi connectivity index (χ1n) is 8.30. The molecule has 0 atom stereocenters. The second kappa shape index (κ2) is 4.78. The maximum Gasteiger partial charge on any atom is 0.183 e. The van der Waals surface area contributed by atoms with E-state index in [1.165, 1.54) is 26.3 Å². The Bertz CT molecular complexity index is 1300. The number of hydrogen-bond acceptors (Lipinski definition) is 2. The highest BCUT2D eigenvalue weighted by molar-refractivity contribution is 7.68. The van der Waals surface area contributed by atoms with Crippen LogP contribution in [0.5, 0.6) is 0 Å². The second-order valence-corrected chi connectivity index (χ2v) is 8.30. The minimum Gasteiger partial charge on any atom is -0.452 e. The lowest BCUT2D eigenvalue weighted by atomic mass is 10.2. The van der Waals surface area contributed by atoms with Gasteiger partial charge < -0.3 is 8.83 Å². The van der Waals surface area contributed by atoms with Gasteiger partial charge in [0.05, 0.1) is 10.2 Å². The molecule has 3 heterocycles. The minimum atomic E-state index is -0.685. The van der Waals surface area contributed by atoms with Crippen LogP contribution in [-0.2, 0) is 0 Å². The van der Waals surface area contributed by atoms with Crippen molar-refractivity contribution in [1.29, 1.82) is 0 Å². The normalized spacial score (nSPS) is 12.0. The summed E-state index contributed by atoms with van der Waals surface area (Å²) in [6, 6.07) is 27.3. The summed E-state index contributed by atoms with van der Waals surface area (Å²) in [6.45, 7) is 0. The molecule has 0 saturated carbocycles. The molecule has 0 spiro atoms. The summed E-state index contributed by atoms with van der Waals surface area (Å²) in [6.07, 6.45) is 0. The molecule has 6 aromatic rings. The van der Waals surface area contributed by atoms with Crippen molar-refractivity contribution in [2.24, 2.45) is 0 Å². The zero-order valence-corrected chi connectivity index (χ0v) is 14.2. The Balaban J connectivity index is 1.95. The van der Waals surface area contributed by atoms with Crippen molar-refractivity contribution in [3.8, 4) is 5.30 Å². The first kappa shape index (κ1) is 13.3. The Hall–Kier alpha value is -2.96. The summed E-state index contributed by atoms with van der Waals surface area (Å²) in [4.78, 5) is 0. The maximum atomic E-state index is 6.24. The molecular weight excluding hydrogens is 327 g/mol. The quantitative estimate of drug-likeness (QED) is 0.310. The Morgan fingerprint density at radius 2 is 1.00 bits per heavy atom. The number of para-hydroxylation sites is 2. The number of hydrogen-bond donors (Lipinski definition) is 0. The highest BCUT2D eigenvalue weighted by atomic mass is 31.1. The van der Waals surface area contributed by atoms with Crippen molar-refractivity contribution in [3.63, 3.8) is 0 Å². The maximum absolute atomic E-state index is 6.24. The standard InChI is InChI=1S/C22H13O2P/c1-2-8-14(9-3-1)25-21-15-10-4-6-12-17(15)23-19(21)20-22(25)16-11-5-7-13-18(16)24-20/h1-13H. The van der Waals surface area contributed by atoms with E-state index < -0.39 is 7.53 Å². The molecule has 0 fully saturated rings. The summed E-state index contributed by atoms with van der Waals surface area (Å²) >= 11 is 0. The summed E-state index contributed by atoms with van der Waals surface area (Å²) < 4.78 is 12.5. The van der Waals surface area contributed by atoms with Crippen molar-refractivity contribution >= 4 is 50.9 Å². The van der Waals surface area contributed by atoms with Gasteiger partial charge in [-0.1, -0.05) is 74.3 Å². The molecule has 0 aliphatic heterocycles. The third-order valence-electron chi connectivity index (χ3n) is 4.81. The van der Waals surface area contributed by atoms with E-state index in [-0.39, 0.29) is 0 Å². The van der Waals surface area contributed by atoms with E-state index in [0.29, 0.717) is 0 Å². The lowest BCUT2D eigenvalue weighted by Gasteiger charge is -2.02. The first-order chi connectivity index (χ1) is 12.4. The molecule has 0 radical (unpaired) electrons. The van der Waals surface area contributed by atoms with Gasteiger partial charge >= 0.3 is 0 Å². The van der Waals surface area contributed by atoms with Crippen LogP contribution in [0.2, 0.25) is 0 Å². The molecule has 0 aliphatic carbocycles. The molecule has 0 aliphatic rings. The number of benzene rings is 3. The zero-order chi connectivity index (χ0) is 16.4. The molecule has 3 aromatic carbocycles. The largest absolute Gasteiger partial charge is 0.452 e. The van der Waals surface area contributed by atoms with Crippen LogP contribution in [0.25, 0.3) is 48.6 Å². The minimum absolute atomic E-state index is 0.685. The predicted octanol–water partition coefficient (Wildman–Crippen LogP) is 7.46. The lowest BCUT2D eigenvalue weighted by molar-refractivity contribution is 0.634. The van der Waals surface area contributed by atoms with Crippen LogP contribution >= 0.6 is 7.53 Å². The van der Waals surface area contributed by atoms with Crippen molar-refractivity contribution < 1.29 is 8.83 Å². The van der Waals surface area contributed by atoms with Crippen LogP contribution in [0.4, 0.5) is 0 Å². The van der Waals surface area contributed by atoms with Crippen molar-refractivity contribution in [2.45, 2.75) is 0 Å². The van der Waals surface area contributed by atoms with Crippen molar-refractivity contribution in [1.82, 2.24) is 0 Å². The number of furan rings is 2. The first-order valence-corrected chi connectivity index (χ1v) is 9.64. The Kier molecular flexibility index (Phi) is 2.55. The van der Waals surface area contributed by atoms with Gasteiger partial charge in [-0.3, -0.25) is 0 Å². The molecule has 0 amide bonds. The third kappa shape index (κ3) is 1.70. The van der Waals surface area contributed by atoms with Gasteiger partial charge in [-0.2, -0.15) is 0 Å². The molecule has 25 heavy (non-hydrogen) atoms. The smallest absolute Gasteiger partial charge is 0.183 e. The molecule has 2 nitrogen and oxygen atoms in total. The van der Waals surface area contributed by atoms with E-state index in [2.05, 4.69) is 54.6 Å². The Labute approximate surface area is 144 Å². The summed E-state index contributed by atoms with van der Waals surface area (Å²) in [5.74, 6) is 0. The number of rotatable bonds is 1. The molecule has 6 rings (SSSR count). The van der Waals surface area contributed by atoms with Gasteiger partial charge in [-0.05, 0) is 17.4 Å². The van der Waals surface area contributed by atoms with Gasteiger partial charge in [-0.15, -0.1) is 0 Å². The van der Waals surface area contributed by atoms with Crippen LogP contribution < -0.4 is 0 Å². The fraction of sp³-hybridized carbons (Fsp3) is 0. The average molecular weight is 340 g/mol. The zero-order valence-electron chi connectivity index (χ0n) is 13.3. The molecule has 118 valence electrons. The summed E-state index contributed by atoms with van der Waals surface area (Å²) in [5, 5.41) is 6.30. The van der Waals surface area contributed by atoms with E-state index in [9.17, 15) is 0 Å². The van der Waals surface area contributed by atoms with Gasteiger partial charge in [-0.25, -0.2) is 0 Å². The van der Waals surface area contributed by atoms with Crippen molar-refractivity contribution in [3.05, 3.63) is 78.9 Å². The van der Waals surface area contributed by atoms with Crippen LogP contribution in [0, 0.1) is 0 Å². The SMILES string of the molecule is c1ccc(-p2c3c4ccccc4oc3c3oc4ccccc4c32)cc1. The summed E-state index contributed by atoms with van der Waals surface area (Å²) in [7, 11) is -0.685. The van der Waals surface area contributed by atoms with Crippen LogP contribution in [-0.4, -0.2) is 0 Å². The molecule has 0 saturated heterocycles. The fourth-order valence-electron chi connectivity index (χ4n) is 3.76. The highest BCUT2D eigenvalue weighted by Gasteiger charge is 2.24. The number of fused-ring (bicyclic) bond motifs is 7. The molecule has 3 aromatic heterocycles. The fourth-order valence-corrected chi connectivity index (χ4v) is 6.52. The van der Waals surface area contributed by atoms with Crippen molar-refractivity contribution in [2.75, 3.05) is 0 Å². The van der Waals surface area contributed by atoms with Gasteiger partial charge in [0, 0.05) is 10.8 Å². The van der Waals surface area contributed by atoms with Gasteiger partial charge in [0.2, 0.25) is 0 Å². The van der Waals surface area contributed by atoms with Gasteiger partial charge in [0.15, 0.2) is 11.2 Å². The van der Waals surface area contributed by atoms with E-state index in [0.717, 1.165) is 22.3 Å². The van der Waals surface area contributed by atoms with E-state index in [1.807, 2.05) is 24.3 Å². The monoisotopic (exact) mass is 340 g/mol. The van der Waals surface area contributed by atoms with Gasteiger partial charge in [0.1, 0.15) is 11.2 Å². The molecule has 0 unspecified atom stereocenters. The predicted molar refractivity (Wildman–Crippen MR) is 105 cm³/mol. The summed E-state index contributed by atoms with van der Waals surface area (Å²) in [5.41, 5.74) is 3.67. The molecular formula is C22H13O2P. The van der Waals surface area contributed by atoms with E-state index in [4.69, 9.17) is 8.83 Å². The van der Waals surface area contributed by atoms with Gasteiger partial charge in [0.25, 0.3) is 0 Å². The molecule has 0 N–H and O–H groups in total. The Morgan fingerprint density at radius 3 is 1.56 bits per heavy atom. The lowest BCUT2D eigenvalue weighted by Crippen LogP contribution is -1.67. The van der Waals surface area contributed by atoms with E-state index in [1.54, 1.807) is 0 Å². The van der Waals surface area contributed by atoms with E-state index >= 15 is 0 Å². The third-order valence-corrected chi connectivity index (χ3v) is 7.40. The topological polar surface area (TPSA) is 26.3 Å². The van der Waals surface area contributed by atoms with Crippen LogP contribution in [0.3, 0.4) is 0 Å². The van der Waals surface area contributed by atoms with Crippen LogP contribution in [0.1, 0.15) is 0 Å². The molecule has 0 bridgehead atoms.